The zero-order valence-corrected chi connectivity index (χ0v) is 9.98. The van der Waals surface area contributed by atoms with Crippen LogP contribution in [0.1, 0.15) is 22.3 Å². The number of aliphatic hydroxyl groups excluding tert-OH is 1. The second-order valence-corrected chi connectivity index (χ2v) is 4.39. The van der Waals surface area contributed by atoms with Gasteiger partial charge in [0.15, 0.2) is 5.78 Å². The van der Waals surface area contributed by atoms with Crippen LogP contribution in [-0.4, -0.2) is 26.8 Å². The first kappa shape index (κ1) is 12.9. The van der Waals surface area contributed by atoms with Crippen LogP contribution in [0.2, 0.25) is 0 Å². The Hall–Kier alpha value is -1.20. The van der Waals surface area contributed by atoms with Crippen molar-refractivity contribution in [2.45, 2.75) is 17.9 Å². The second-order valence-electron chi connectivity index (χ2n) is 3.28. The average Bonchev–Trinajstić information content (AvgIpc) is 2.27. The Morgan fingerprint density at radius 3 is 2.25 bits per heavy atom. The first-order valence-corrected chi connectivity index (χ1v) is 5.56. The van der Waals surface area contributed by atoms with E-state index in [9.17, 15) is 9.59 Å². The first-order chi connectivity index (χ1) is 7.54. The molecule has 0 spiro atoms. The topological polar surface area (TPSA) is 74.6 Å². The van der Waals surface area contributed by atoms with Crippen molar-refractivity contribution in [2.75, 3.05) is 0 Å². The van der Waals surface area contributed by atoms with Crippen LogP contribution in [0.15, 0.2) is 24.3 Å². The molecule has 1 rings (SSSR count). The number of rotatable bonds is 5. The molecule has 0 amide bonds. The van der Waals surface area contributed by atoms with Crippen LogP contribution >= 0.6 is 15.9 Å². The largest absolute Gasteiger partial charge is 0.481 e. The number of carbonyl (C=O) groups is 2. The molecule has 0 radical (unpaired) electrons. The molecule has 5 heteroatoms. The number of hydrogen-bond donors (Lipinski definition) is 2. The molecule has 0 fully saturated rings. The number of alkyl halides is 1. The zero-order valence-electron chi connectivity index (χ0n) is 8.39. The van der Waals surface area contributed by atoms with Crippen molar-refractivity contribution in [3.05, 3.63) is 35.4 Å². The number of aliphatic carboxylic acids is 1. The summed E-state index contributed by atoms with van der Waals surface area (Å²) >= 11 is 3.04. The van der Waals surface area contributed by atoms with Crippen molar-refractivity contribution >= 4 is 27.7 Å². The highest BCUT2D eigenvalue weighted by Gasteiger charge is 2.19. The van der Waals surface area contributed by atoms with Gasteiger partial charge >= 0.3 is 5.97 Å². The minimum absolute atomic E-state index is 0.0820. The summed E-state index contributed by atoms with van der Waals surface area (Å²) < 4.78 is 0. The Bertz CT molecular complexity index is 385. The van der Waals surface area contributed by atoms with Crippen molar-refractivity contribution in [1.29, 1.82) is 0 Å². The summed E-state index contributed by atoms with van der Waals surface area (Å²) in [6, 6.07) is 6.41. The molecule has 16 heavy (non-hydrogen) atoms. The Kier molecular flexibility index (Phi) is 4.64. The third kappa shape index (κ3) is 3.43. The number of halogens is 1. The average molecular weight is 287 g/mol. The number of benzene rings is 1. The van der Waals surface area contributed by atoms with Gasteiger partial charge in [0.05, 0.1) is 17.9 Å². The van der Waals surface area contributed by atoms with E-state index in [2.05, 4.69) is 15.9 Å². The number of ketones is 1. The Morgan fingerprint density at radius 1 is 1.25 bits per heavy atom. The van der Waals surface area contributed by atoms with Crippen LogP contribution < -0.4 is 0 Å². The van der Waals surface area contributed by atoms with E-state index in [1.807, 2.05) is 0 Å². The molecule has 0 aliphatic heterocycles. The van der Waals surface area contributed by atoms with Crippen LogP contribution in [0, 0.1) is 0 Å². The lowest BCUT2D eigenvalue weighted by atomic mass is 10.0. The summed E-state index contributed by atoms with van der Waals surface area (Å²) in [5.41, 5.74) is 1.14. The van der Waals surface area contributed by atoms with E-state index in [1.165, 1.54) is 0 Å². The van der Waals surface area contributed by atoms with E-state index in [-0.39, 0.29) is 18.8 Å². The Labute approximate surface area is 101 Å². The fourth-order valence-electron chi connectivity index (χ4n) is 1.20. The summed E-state index contributed by atoms with van der Waals surface area (Å²) in [7, 11) is 0. The highest BCUT2D eigenvalue weighted by Crippen LogP contribution is 2.14. The van der Waals surface area contributed by atoms with Crippen molar-refractivity contribution in [3.8, 4) is 0 Å². The number of hydrogen-bond acceptors (Lipinski definition) is 3. The summed E-state index contributed by atoms with van der Waals surface area (Å²) in [5.74, 6) is -1.30. The number of carbonyl (C=O) groups excluding carboxylic acids is 1. The first-order valence-electron chi connectivity index (χ1n) is 4.64. The summed E-state index contributed by atoms with van der Waals surface area (Å²) in [4.78, 5) is 21.4. The molecule has 1 aromatic carbocycles. The van der Waals surface area contributed by atoms with Crippen LogP contribution in [0.4, 0.5) is 0 Å². The van der Waals surface area contributed by atoms with Gasteiger partial charge in [0, 0.05) is 5.56 Å². The molecule has 0 aliphatic rings. The molecule has 2 N–H and O–H groups in total. The van der Waals surface area contributed by atoms with E-state index in [0.717, 1.165) is 0 Å². The number of carboxylic acid groups (broad SMARTS) is 1. The van der Waals surface area contributed by atoms with Crippen LogP contribution in [0.25, 0.3) is 0 Å². The van der Waals surface area contributed by atoms with Gasteiger partial charge in [-0.05, 0) is 5.56 Å². The molecule has 1 aromatic rings. The molecule has 86 valence electrons. The van der Waals surface area contributed by atoms with Gasteiger partial charge in [-0.25, -0.2) is 0 Å². The predicted octanol–water partition coefficient (Wildman–Crippen LogP) is 1.60. The van der Waals surface area contributed by atoms with Crippen molar-refractivity contribution in [1.82, 2.24) is 0 Å². The maximum Gasteiger partial charge on any atom is 0.304 e. The van der Waals surface area contributed by atoms with E-state index >= 15 is 0 Å². The SMILES string of the molecule is O=C(O)CC(Br)C(=O)c1ccc(CO)cc1. The van der Waals surface area contributed by atoms with Gasteiger partial charge in [0.2, 0.25) is 0 Å². The Morgan fingerprint density at radius 2 is 1.81 bits per heavy atom. The minimum Gasteiger partial charge on any atom is -0.481 e. The van der Waals surface area contributed by atoms with E-state index in [1.54, 1.807) is 24.3 Å². The Balaban J connectivity index is 2.75. The fourth-order valence-corrected chi connectivity index (χ4v) is 1.74. The van der Waals surface area contributed by atoms with Gasteiger partial charge in [-0.15, -0.1) is 0 Å². The molecular formula is C11H11BrO4. The molecule has 0 heterocycles. The van der Waals surface area contributed by atoms with Crippen LogP contribution in [-0.2, 0) is 11.4 Å². The third-order valence-corrected chi connectivity index (χ3v) is 2.80. The standard InChI is InChI=1S/C11H11BrO4/c12-9(5-10(14)15)11(16)8-3-1-7(6-13)2-4-8/h1-4,9,13H,5-6H2,(H,14,15). The molecule has 0 saturated carbocycles. The maximum absolute atomic E-state index is 11.7. The number of carboxylic acids is 1. The lowest BCUT2D eigenvalue weighted by Crippen LogP contribution is -2.18. The zero-order chi connectivity index (χ0) is 12.1. The van der Waals surface area contributed by atoms with Gasteiger partial charge in [-0.1, -0.05) is 40.2 Å². The van der Waals surface area contributed by atoms with Gasteiger partial charge in [0.25, 0.3) is 0 Å². The van der Waals surface area contributed by atoms with E-state index in [4.69, 9.17) is 10.2 Å². The van der Waals surface area contributed by atoms with Crippen LogP contribution in [0.3, 0.4) is 0 Å². The van der Waals surface area contributed by atoms with Gasteiger partial charge in [0.1, 0.15) is 0 Å². The van der Waals surface area contributed by atoms with E-state index < -0.39 is 10.8 Å². The van der Waals surface area contributed by atoms with Crippen LogP contribution in [0.5, 0.6) is 0 Å². The molecule has 1 atom stereocenters. The van der Waals surface area contributed by atoms with Gasteiger partial charge in [-0.3, -0.25) is 9.59 Å². The molecule has 0 bridgehead atoms. The lowest BCUT2D eigenvalue weighted by Gasteiger charge is -2.06. The highest BCUT2D eigenvalue weighted by molar-refractivity contribution is 9.10. The summed E-state index contributed by atoms with van der Waals surface area (Å²) in [5, 5.41) is 17.4. The second kappa shape index (κ2) is 5.77. The quantitative estimate of drug-likeness (QED) is 0.637. The van der Waals surface area contributed by atoms with Gasteiger partial charge < -0.3 is 10.2 Å². The summed E-state index contributed by atoms with van der Waals surface area (Å²) in [6.07, 6.45) is -0.249. The monoisotopic (exact) mass is 286 g/mol. The third-order valence-electron chi connectivity index (χ3n) is 2.06. The fraction of sp³-hybridized carbons (Fsp3) is 0.273. The predicted molar refractivity (Wildman–Crippen MR) is 61.7 cm³/mol. The molecule has 1 unspecified atom stereocenters. The maximum atomic E-state index is 11.7. The molecule has 4 nitrogen and oxygen atoms in total. The molecule has 0 aromatic heterocycles. The molecule has 0 saturated heterocycles. The normalized spacial score (nSPS) is 12.1. The highest BCUT2D eigenvalue weighted by atomic mass is 79.9. The lowest BCUT2D eigenvalue weighted by molar-refractivity contribution is -0.136. The van der Waals surface area contributed by atoms with Crippen molar-refractivity contribution in [2.24, 2.45) is 0 Å². The van der Waals surface area contributed by atoms with Gasteiger partial charge in [-0.2, -0.15) is 0 Å². The minimum atomic E-state index is -1.03. The number of aliphatic hydroxyl groups is 1. The smallest absolute Gasteiger partial charge is 0.304 e. The summed E-state index contributed by atoms with van der Waals surface area (Å²) in [6.45, 7) is -0.0820. The molecular weight excluding hydrogens is 276 g/mol. The number of Topliss-reactive ketones (excluding diaryl/α,β-unsaturated/α-hetero) is 1. The van der Waals surface area contributed by atoms with Crippen molar-refractivity contribution in [3.63, 3.8) is 0 Å². The van der Waals surface area contributed by atoms with Crippen molar-refractivity contribution < 1.29 is 19.8 Å². The van der Waals surface area contributed by atoms with E-state index in [0.29, 0.717) is 11.1 Å². The molecule has 0 aliphatic carbocycles.